The first kappa shape index (κ1) is 32.5. The average molecular weight is 624 g/mol. The van der Waals surface area contributed by atoms with E-state index in [1.165, 1.54) is 11.1 Å². The number of furan rings is 1. The number of benzene rings is 3. The molecule has 1 saturated heterocycles. The highest BCUT2D eigenvalue weighted by atomic mass is 35.5. The molecule has 3 N–H and O–H groups in total. The average Bonchev–Trinajstić information content (AvgIpc) is 3.52. The number of hydrogen-bond donors (Lipinski definition) is 3. The minimum Gasteiger partial charge on any atom is -0.460 e. The number of nitrogens with zero attached hydrogens (tertiary/aromatic N) is 2. The van der Waals surface area contributed by atoms with Crippen molar-refractivity contribution < 1.29 is 9.21 Å². The molecular weight excluding hydrogens is 582 g/mol. The lowest BCUT2D eigenvalue weighted by Crippen LogP contribution is -2.50. The predicted octanol–water partition coefficient (Wildman–Crippen LogP) is 6.66. The Bertz CT molecular complexity index is 1610. The number of carbonyl (C=O) groups excluding carboxylic acids is 1. The van der Waals surface area contributed by atoms with Crippen molar-refractivity contribution in [3.63, 3.8) is 0 Å². The fourth-order valence-electron chi connectivity index (χ4n) is 5.75. The lowest BCUT2D eigenvalue weighted by Gasteiger charge is -2.33. The molecule has 0 radical (unpaired) electrons. The molecule has 1 aromatic heterocycles. The Balaban J connectivity index is 1.26. The standard InChI is InChI=1S/C37H42ClN5O2/c1-25-4-10-30(11-5-25)27(3)41-23-33-13-15-36(45-33)31-12-14-35(38)34(21-31)37(44)42-32(16-18-43-19-17-40-26(2)24-43)20-28-6-8-29(22-39)9-7-28/h4-15,21,26-27,32,40-41H,16-20,23-24H2,1-3H3,(H,42,44)/t26-,27?,32?/m0/s1. The van der Waals surface area contributed by atoms with Crippen LogP contribution in [0.15, 0.2) is 83.3 Å². The third-order valence-electron chi connectivity index (χ3n) is 8.46. The lowest BCUT2D eigenvalue weighted by atomic mass is 10.0. The third kappa shape index (κ3) is 9.06. The minimum absolute atomic E-state index is 0.104. The second kappa shape index (κ2) is 15.4. The Morgan fingerprint density at radius 3 is 2.62 bits per heavy atom. The molecule has 2 unspecified atom stereocenters. The maximum Gasteiger partial charge on any atom is 0.253 e. The van der Waals surface area contributed by atoms with E-state index in [9.17, 15) is 10.1 Å². The summed E-state index contributed by atoms with van der Waals surface area (Å²) in [5.41, 5.74) is 5.36. The summed E-state index contributed by atoms with van der Waals surface area (Å²) in [5.74, 6) is 1.28. The van der Waals surface area contributed by atoms with Crippen molar-refractivity contribution in [1.29, 1.82) is 5.26 Å². The monoisotopic (exact) mass is 623 g/mol. The molecule has 0 saturated carbocycles. The van der Waals surface area contributed by atoms with Gasteiger partial charge in [-0.1, -0.05) is 53.6 Å². The predicted molar refractivity (Wildman–Crippen MR) is 180 cm³/mol. The van der Waals surface area contributed by atoms with Gasteiger partial charge in [-0.25, -0.2) is 0 Å². The summed E-state index contributed by atoms with van der Waals surface area (Å²) in [4.78, 5) is 16.1. The zero-order valence-corrected chi connectivity index (χ0v) is 27.0. The quantitative estimate of drug-likeness (QED) is 0.164. The van der Waals surface area contributed by atoms with Gasteiger partial charge in [-0.05, 0) is 87.2 Å². The maximum absolute atomic E-state index is 13.7. The number of halogens is 1. The van der Waals surface area contributed by atoms with Crippen LogP contribution in [0.5, 0.6) is 0 Å². The molecule has 0 aliphatic carbocycles. The van der Waals surface area contributed by atoms with E-state index in [-0.39, 0.29) is 18.0 Å². The van der Waals surface area contributed by atoms with Crippen molar-refractivity contribution in [2.45, 2.75) is 58.3 Å². The minimum atomic E-state index is -0.213. The van der Waals surface area contributed by atoms with Crippen molar-refractivity contribution in [3.05, 3.63) is 117 Å². The Morgan fingerprint density at radius 2 is 1.89 bits per heavy atom. The van der Waals surface area contributed by atoms with Gasteiger partial charge >= 0.3 is 0 Å². The van der Waals surface area contributed by atoms with Crippen LogP contribution in [-0.2, 0) is 13.0 Å². The first-order chi connectivity index (χ1) is 21.8. The van der Waals surface area contributed by atoms with Crippen LogP contribution in [-0.4, -0.2) is 49.1 Å². The summed E-state index contributed by atoms with van der Waals surface area (Å²) in [6, 6.07) is 28.1. The SMILES string of the molecule is Cc1ccc(C(C)NCc2ccc(-c3ccc(Cl)c(C(=O)NC(CCN4CCN[C@@H](C)C4)Cc4ccc(C#N)cc4)c3)o2)cc1. The Morgan fingerprint density at radius 1 is 1.11 bits per heavy atom. The largest absolute Gasteiger partial charge is 0.460 e. The summed E-state index contributed by atoms with van der Waals surface area (Å²) < 4.78 is 6.17. The highest BCUT2D eigenvalue weighted by Gasteiger charge is 2.21. The van der Waals surface area contributed by atoms with Gasteiger partial charge < -0.3 is 25.3 Å². The molecule has 8 heteroatoms. The first-order valence-corrected chi connectivity index (χ1v) is 16.1. The second-order valence-corrected chi connectivity index (χ2v) is 12.5. The molecule has 45 heavy (non-hydrogen) atoms. The number of piperazine rings is 1. The molecule has 0 bridgehead atoms. The first-order valence-electron chi connectivity index (χ1n) is 15.7. The van der Waals surface area contributed by atoms with Crippen LogP contribution >= 0.6 is 11.6 Å². The molecular formula is C37H42ClN5O2. The van der Waals surface area contributed by atoms with Crippen LogP contribution in [0.4, 0.5) is 0 Å². The van der Waals surface area contributed by atoms with Gasteiger partial charge in [0.25, 0.3) is 5.91 Å². The van der Waals surface area contributed by atoms with E-state index in [0.29, 0.717) is 40.9 Å². The molecule has 3 aromatic carbocycles. The zero-order valence-electron chi connectivity index (χ0n) is 26.3. The molecule has 1 aliphatic heterocycles. The van der Waals surface area contributed by atoms with Crippen LogP contribution in [0, 0.1) is 18.3 Å². The highest BCUT2D eigenvalue weighted by Crippen LogP contribution is 2.28. The molecule has 3 atom stereocenters. The molecule has 7 nitrogen and oxygen atoms in total. The summed E-state index contributed by atoms with van der Waals surface area (Å²) in [7, 11) is 0. The Kier molecular flexibility index (Phi) is 11.1. The number of aryl methyl sites for hydroxylation is 1. The Labute approximate surface area is 271 Å². The van der Waals surface area contributed by atoms with E-state index in [2.05, 4.69) is 72.0 Å². The van der Waals surface area contributed by atoms with E-state index in [0.717, 1.165) is 49.5 Å². The highest BCUT2D eigenvalue weighted by molar-refractivity contribution is 6.34. The molecule has 0 spiro atoms. The van der Waals surface area contributed by atoms with Crippen LogP contribution in [0.1, 0.15) is 64.7 Å². The van der Waals surface area contributed by atoms with E-state index in [4.69, 9.17) is 16.0 Å². The summed E-state index contributed by atoms with van der Waals surface area (Å²) in [5, 5.41) is 19.9. The van der Waals surface area contributed by atoms with Crippen LogP contribution in [0.3, 0.4) is 0 Å². The number of nitrogens with one attached hydrogen (secondary N) is 3. The number of nitriles is 1. The van der Waals surface area contributed by atoms with Gasteiger partial charge in [0, 0.05) is 49.9 Å². The van der Waals surface area contributed by atoms with Gasteiger partial charge in [0.15, 0.2) is 0 Å². The van der Waals surface area contributed by atoms with Gasteiger partial charge in [0.2, 0.25) is 0 Å². The van der Waals surface area contributed by atoms with E-state index in [1.54, 1.807) is 12.1 Å². The second-order valence-electron chi connectivity index (χ2n) is 12.1. The number of rotatable bonds is 12. The van der Waals surface area contributed by atoms with Crippen molar-refractivity contribution in [3.8, 4) is 17.4 Å². The summed E-state index contributed by atoms with van der Waals surface area (Å²) in [6.07, 6.45) is 1.46. The summed E-state index contributed by atoms with van der Waals surface area (Å²) >= 11 is 6.58. The molecule has 1 amide bonds. The molecule has 234 valence electrons. The molecule has 2 heterocycles. The number of amides is 1. The van der Waals surface area contributed by atoms with Crippen molar-refractivity contribution in [2.24, 2.45) is 0 Å². The fraction of sp³-hybridized carbons (Fsp3) is 0.351. The normalized spacial score (nSPS) is 16.6. The van der Waals surface area contributed by atoms with Crippen molar-refractivity contribution in [2.75, 3.05) is 26.2 Å². The van der Waals surface area contributed by atoms with E-state index >= 15 is 0 Å². The summed E-state index contributed by atoms with van der Waals surface area (Å²) in [6.45, 7) is 10.8. The Hall–Kier alpha value is -3.93. The van der Waals surface area contributed by atoms with E-state index in [1.807, 2.05) is 42.5 Å². The topological polar surface area (TPSA) is 93.3 Å². The van der Waals surface area contributed by atoms with E-state index < -0.39 is 0 Å². The zero-order chi connectivity index (χ0) is 31.8. The van der Waals surface area contributed by atoms with Gasteiger partial charge in [-0.15, -0.1) is 0 Å². The number of carbonyl (C=O) groups is 1. The lowest BCUT2D eigenvalue weighted by molar-refractivity contribution is 0.0929. The van der Waals surface area contributed by atoms with Gasteiger partial charge in [0.05, 0.1) is 28.8 Å². The third-order valence-corrected chi connectivity index (χ3v) is 8.79. The van der Waals surface area contributed by atoms with Gasteiger partial charge in [-0.2, -0.15) is 5.26 Å². The van der Waals surface area contributed by atoms with Gasteiger partial charge in [0.1, 0.15) is 11.5 Å². The van der Waals surface area contributed by atoms with Crippen molar-refractivity contribution in [1.82, 2.24) is 20.9 Å². The van der Waals surface area contributed by atoms with Crippen molar-refractivity contribution >= 4 is 17.5 Å². The molecule has 1 aliphatic rings. The molecule has 4 aromatic rings. The smallest absolute Gasteiger partial charge is 0.253 e. The maximum atomic E-state index is 13.7. The molecule has 5 rings (SSSR count). The van der Waals surface area contributed by atoms with Gasteiger partial charge in [-0.3, -0.25) is 4.79 Å². The molecule has 1 fully saturated rings. The van der Waals surface area contributed by atoms with Crippen LogP contribution < -0.4 is 16.0 Å². The van der Waals surface area contributed by atoms with Crippen LogP contribution in [0.25, 0.3) is 11.3 Å². The fourth-order valence-corrected chi connectivity index (χ4v) is 5.95. The van der Waals surface area contributed by atoms with Crippen LogP contribution in [0.2, 0.25) is 5.02 Å². The number of hydrogen-bond acceptors (Lipinski definition) is 6.